The van der Waals surface area contributed by atoms with E-state index in [4.69, 9.17) is 5.73 Å². The number of thioether (sulfide) groups is 1. The van der Waals surface area contributed by atoms with Crippen molar-refractivity contribution in [2.45, 2.75) is 20.8 Å². The molecular formula is C10H19NS. The zero-order valence-electron chi connectivity index (χ0n) is 8.26. The van der Waals surface area contributed by atoms with Gasteiger partial charge in [-0.3, -0.25) is 0 Å². The highest BCUT2D eigenvalue weighted by Crippen LogP contribution is 2.17. The van der Waals surface area contributed by atoms with Gasteiger partial charge in [0.1, 0.15) is 0 Å². The van der Waals surface area contributed by atoms with Crippen LogP contribution in [0.2, 0.25) is 0 Å². The molecule has 0 saturated heterocycles. The predicted octanol–water partition coefficient (Wildman–Crippen LogP) is 3.31. The minimum absolute atomic E-state index is 0.710. The molecule has 0 bridgehead atoms. The lowest BCUT2D eigenvalue weighted by molar-refractivity contribution is 1.41. The first-order valence-corrected chi connectivity index (χ1v) is 5.12. The Morgan fingerprint density at radius 3 is 2.08 bits per heavy atom. The van der Waals surface area contributed by atoms with Gasteiger partial charge in [0.25, 0.3) is 0 Å². The number of rotatable bonds is 4. The Balaban J connectivity index is 0. The molecule has 12 heavy (non-hydrogen) atoms. The lowest BCUT2D eigenvalue weighted by Gasteiger charge is -2.00. The van der Waals surface area contributed by atoms with E-state index in [2.05, 4.69) is 20.1 Å². The summed E-state index contributed by atoms with van der Waals surface area (Å²) in [6.45, 7) is 13.3. The quantitative estimate of drug-likeness (QED) is 0.680. The highest BCUT2D eigenvalue weighted by molar-refractivity contribution is 8.03. The van der Waals surface area contributed by atoms with Gasteiger partial charge >= 0.3 is 0 Å². The van der Waals surface area contributed by atoms with Crippen LogP contribution in [-0.2, 0) is 0 Å². The van der Waals surface area contributed by atoms with E-state index in [0.717, 1.165) is 10.7 Å². The van der Waals surface area contributed by atoms with E-state index < -0.39 is 0 Å². The smallest absolute Gasteiger partial charge is 0.0446 e. The van der Waals surface area contributed by atoms with Crippen molar-refractivity contribution >= 4 is 11.8 Å². The first kappa shape index (κ1) is 13.9. The van der Waals surface area contributed by atoms with Gasteiger partial charge in [-0.05, 0) is 11.8 Å². The summed E-state index contributed by atoms with van der Waals surface area (Å²) in [5.74, 6) is 1.01. The van der Waals surface area contributed by atoms with Crippen LogP contribution >= 0.6 is 11.8 Å². The Kier molecular flexibility index (Phi) is 12.0. The number of hydrogen-bond donors (Lipinski definition) is 1. The average molecular weight is 185 g/mol. The monoisotopic (exact) mass is 185 g/mol. The standard InChI is InChI=1S/C8H13NS.C2H6/c1-4-7(9)8(5-2)10-6-3;1-2/h4-5H,1-2,6,9H2,3H3;1-2H3/b8-7-;. The molecule has 2 N–H and O–H groups in total. The second kappa shape index (κ2) is 10.4. The number of nitrogens with two attached hydrogens (primary N) is 1. The molecule has 0 aliphatic heterocycles. The van der Waals surface area contributed by atoms with Crippen molar-refractivity contribution in [3.63, 3.8) is 0 Å². The molecule has 0 saturated carbocycles. The summed E-state index contributed by atoms with van der Waals surface area (Å²) in [5, 5.41) is 0. The van der Waals surface area contributed by atoms with Crippen LogP contribution in [0.15, 0.2) is 35.9 Å². The molecule has 0 fully saturated rings. The first-order chi connectivity index (χ1) is 5.76. The zero-order valence-corrected chi connectivity index (χ0v) is 9.08. The molecule has 0 aliphatic rings. The summed E-state index contributed by atoms with van der Waals surface area (Å²) >= 11 is 1.67. The van der Waals surface area contributed by atoms with Gasteiger partial charge in [-0.15, -0.1) is 11.8 Å². The van der Waals surface area contributed by atoms with Crippen molar-refractivity contribution in [2.24, 2.45) is 5.73 Å². The Morgan fingerprint density at radius 1 is 1.33 bits per heavy atom. The zero-order chi connectivity index (χ0) is 9.98. The van der Waals surface area contributed by atoms with Crippen LogP contribution in [0, 0.1) is 0 Å². The maximum absolute atomic E-state index is 5.58. The molecule has 0 heterocycles. The Morgan fingerprint density at radius 2 is 1.83 bits per heavy atom. The highest BCUT2D eigenvalue weighted by Gasteiger charge is 1.93. The fourth-order valence-corrected chi connectivity index (χ4v) is 1.20. The number of hydrogen-bond acceptors (Lipinski definition) is 2. The van der Waals surface area contributed by atoms with Crippen molar-refractivity contribution < 1.29 is 0 Å². The summed E-state index contributed by atoms with van der Waals surface area (Å²) < 4.78 is 0. The van der Waals surface area contributed by atoms with Gasteiger partial charge in [-0.25, -0.2) is 0 Å². The second-order valence-corrected chi connectivity index (χ2v) is 2.97. The van der Waals surface area contributed by atoms with E-state index >= 15 is 0 Å². The van der Waals surface area contributed by atoms with Gasteiger partial charge < -0.3 is 5.73 Å². The van der Waals surface area contributed by atoms with Crippen LogP contribution in [0.25, 0.3) is 0 Å². The third-order valence-electron chi connectivity index (χ3n) is 0.990. The van der Waals surface area contributed by atoms with E-state index in [9.17, 15) is 0 Å². The molecule has 0 spiro atoms. The maximum atomic E-state index is 5.58. The molecule has 1 nitrogen and oxygen atoms in total. The summed E-state index contributed by atoms with van der Waals surface area (Å²) in [6.07, 6.45) is 3.39. The fraction of sp³-hybridized carbons (Fsp3) is 0.400. The average Bonchev–Trinajstić information content (AvgIpc) is 2.16. The van der Waals surface area contributed by atoms with Gasteiger partial charge in [-0.1, -0.05) is 40.0 Å². The third kappa shape index (κ3) is 6.10. The fourth-order valence-electron chi connectivity index (χ4n) is 0.516. The van der Waals surface area contributed by atoms with E-state index in [0.29, 0.717) is 5.70 Å². The van der Waals surface area contributed by atoms with Crippen molar-refractivity contribution in [1.82, 2.24) is 0 Å². The lowest BCUT2D eigenvalue weighted by atomic mass is 10.4. The maximum Gasteiger partial charge on any atom is 0.0446 e. The molecule has 0 radical (unpaired) electrons. The van der Waals surface area contributed by atoms with Gasteiger partial charge in [0.2, 0.25) is 0 Å². The van der Waals surface area contributed by atoms with Gasteiger partial charge in [0.05, 0.1) is 0 Å². The van der Waals surface area contributed by atoms with Crippen LogP contribution in [-0.4, -0.2) is 5.75 Å². The summed E-state index contributed by atoms with van der Waals surface area (Å²) in [5.41, 5.74) is 6.29. The van der Waals surface area contributed by atoms with Gasteiger partial charge in [-0.2, -0.15) is 0 Å². The van der Waals surface area contributed by atoms with Crippen LogP contribution in [0.1, 0.15) is 20.8 Å². The third-order valence-corrected chi connectivity index (χ3v) is 1.99. The van der Waals surface area contributed by atoms with E-state index in [1.54, 1.807) is 23.9 Å². The molecular weight excluding hydrogens is 166 g/mol. The lowest BCUT2D eigenvalue weighted by Crippen LogP contribution is -1.95. The molecule has 0 amide bonds. The molecule has 0 aromatic carbocycles. The largest absolute Gasteiger partial charge is 0.398 e. The van der Waals surface area contributed by atoms with E-state index in [1.807, 2.05) is 13.8 Å². The molecule has 2 heteroatoms. The SMILES string of the molecule is C=C/C(N)=C(\C=C)SCC.CC. The van der Waals surface area contributed by atoms with Crippen molar-refractivity contribution in [3.05, 3.63) is 35.9 Å². The minimum Gasteiger partial charge on any atom is -0.398 e. The molecule has 0 aliphatic carbocycles. The molecule has 0 aromatic rings. The molecule has 0 atom stereocenters. The Labute approximate surface area is 80.4 Å². The molecule has 0 rings (SSSR count). The van der Waals surface area contributed by atoms with Crippen LogP contribution in [0.3, 0.4) is 0 Å². The van der Waals surface area contributed by atoms with Crippen LogP contribution < -0.4 is 5.73 Å². The highest BCUT2D eigenvalue weighted by atomic mass is 32.2. The van der Waals surface area contributed by atoms with Crippen LogP contribution in [0.4, 0.5) is 0 Å². The van der Waals surface area contributed by atoms with Crippen molar-refractivity contribution in [3.8, 4) is 0 Å². The first-order valence-electron chi connectivity index (χ1n) is 4.13. The Hall–Kier alpha value is -0.630. The van der Waals surface area contributed by atoms with Gasteiger partial charge in [0.15, 0.2) is 0 Å². The normalized spacial score (nSPS) is 10.6. The molecule has 0 unspecified atom stereocenters. The predicted molar refractivity (Wildman–Crippen MR) is 61.1 cm³/mol. The topological polar surface area (TPSA) is 26.0 Å². The van der Waals surface area contributed by atoms with Crippen molar-refractivity contribution in [1.29, 1.82) is 0 Å². The van der Waals surface area contributed by atoms with Gasteiger partial charge in [0, 0.05) is 10.6 Å². The van der Waals surface area contributed by atoms with E-state index in [1.165, 1.54) is 0 Å². The minimum atomic E-state index is 0.710. The van der Waals surface area contributed by atoms with Crippen molar-refractivity contribution in [2.75, 3.05) is 5.75 Å². The van der Waals surface area contributed by atoms with Crippen LogP contribution in [0.5, 0.6) is 0 Å². The summed E-state index contributed by atoms with van der Waals surface area (Å²) in [7, 11) is 0. The second-order valence-electron chi connectivity index (χ2n) is 1.66. The Bertz CT molecular complexity index is 159. The molecule has 70 valence electrons. The number of allylic oxidation sites excluding steroid dienone is 2. The van der Waals surface area contributed by atoms with E-state index in [-0.39, 0.29) is 0 Å². The summed E-state index contributed by atoms with van der Waals surface area (Å²) in [6, 6.07) is 0. The molecule has 0 aromatic heterocycles. The summed E-state index contributed by atoms with van der Waals surface area (Å²) in [4.78, 5) is 1.01.